The number of carbonyl (C=O) groups is 2. The number of hydroxylamine groups is 1. The van der Waals surface area contributed by atoms with Crippen LogP contribution in [0.3, 0.4) is 0 Å². The van der Waals surface area contributed by atoms with Gasteiger partial charge in [-0.1, -0.05) is 31.0 Å². The number of unbranched alkanes of at least 4 members (excludes halogenated alkanes) is 3. The van der Waals surface area contributed by atoms with Crippen molar-refractivity contribution in [3.8, 4) is 11.3 Å². The quantitative estimate of drug-likeness (QED) is 0.215. The second-order valence-electron chi connectivity index (χ2n) is 9.75. The number of hydrogen-bond acceptors (Lipinski definition) is 8. The van der Waals surface area contributed by atoms with E-state index in [0.29, 0.717) is 44.8 Å². The fraction of sp³-hybridized carbons (Fsp3) is 0.519. The van der Waals surface area contributed by atoms with Crippen LogP contribution in [0.4, 0.5) is 5.95 Å². The molecule has 1 aliphatic heterocycles. The standard InChI is InChI=1S/C27H36N6O4/c1-19(2)33-18-28-25-24(29-27(30-26(25)33)32-12-14-37-15-13-32)21-9-7-8-20(16-21)17-22(34)10-5-3-4-6-11-23(35)31-36/h7-9,16,18-19,36H,3-6,10-15,17H2,1-2H3,(H,31,35). The third-order valence-electron chi connectivity index (χ3n) is 6.60. The van der Waals surface area contributed by atoms with E-state index in [0.717, 1.165) is 60.3 Å². The summed E-state index contributed by atoms with van der Waals surface area (Å²) in [7, 11) is 0. The number of rotatable bonds is 12. The smallest absolute Gasteiger partial charge is 0.243 e. The second-order valence-corrected chi connectivity index (χ2v) is 9.75. The number of anilines is 1. The van der Waals surface area contributed by atoms with E-state index < -0.39 is 0 Å². The Morgan fingerprint density at radius 2 is 1.84 bits per heavy atom. The van der Waals surface area contributed by atoms with Gasteiger partial charge in [-0.25, -0.2) is 15.4 Å². The van der Waals surface area contributed by atoms with E-state index in [9.17, 15) is 9.59 Å². The molecule has 1 aromatic carbocycles. The first-order valence-electron chi connectivity index (χ1n) is 13.1. The molecule has 4 rings (SSSR count). The number of carbonyl (C=O) groups excluding carboxylic acids is 2. The monoisotopic (exact) mass is 508 g/mol. The molecule has 0 atom stereocenters. The molecule has 10 heteroatoms. The van der Waals surface area contributed by atoms with Gasteiger partial charge in [0.1, 0.15) is 17.0 Å². The molecule has 0 unspecified atom stereocenters. The first-order chi connectivity index (χ1) is 18.0. The zero-order chi connectivity index (χ0) is 26.2. The fourth-order valence-corrected chi connectivity index (χ4v) is 4.55. The number of imidazole rings is 1. The van der Waals surface area contributed by atoms with E-state index in [1.54, 1.807) is 5.48 Å². The van der Waals surface area contributed by atoms with Gasteiger partial charge in [0, 0.05) is 44.0 Å². The first kappa shape index (κ1) is 26.7. The Labute approximate surface area is 217 Å². The number of amides is 1. The van der Waals surface area contributed by atoms with Crippen LogP contribution in [0.25, 0.3) is 22.4 Å². The van der Waals surface area contributed by atoms with E-state index in [1.165, 1.54) is 0 Å². The van der Waals surface area contributed by atoms with Gasteiger partial charge in [-0.05, 0) is 38.3 Å². The number of nitrogens with one attached hydrogen (secondary N) is 1. The molecule has 37 heavy (non-hydrogen) atoms. The fourth-order valence-electron chi connectivity index (χ4n) is 4.55. The number of ether oxygens (including phenoxy) is 1. The summed E-state index contributed by atoms with van der Waals surface area (Å²) in [5, 5.41) is 8.53. The average molecular weight is 509 g/mol. The van der Waals surface area contributed by atoms with Crippen molar-refractivity contribution in [3.05, 3.63) is 36.2 Å². The van der Waals surface area contributed by atoms with E-state index in [4.69, 9.17) is 19.9 Å². The SMILES string of the molecule is CC(C)n1cnc2c(-c3cccc(CC(=O)CCCCCCC(=O)NO)c3)nc(N3CCOCC3)nc21. The Morgan fingerprint density at radius 3 is 2.57 bits per heavy atom. The lowest BCUT2D eigenvalue weighted by atomic mass is 10.0. The van der Waals surface area contributed by atoms with Gasteiger partial charge >= 0.3 is 0 Å². The maximum atomic E-state index is 12.6. The molecule has 0 bridgehead atoms. The molecule has 3 heterocycles. The summed E-state index contributed by atoms with van der Waals surface area (Å²) in [4.78, 5) is 40.3. The van der Waals surface area contributed by atoms with Crippen LogP contribution in [-0.4, -0.2) is 62.7 Å². The van der Waals surface area contributed by atoms with Gasteiger partial charge in [0.15, 0.2) is 5.65 Å². The highest BCUT2D eigenvalue weighted by Gasteiger charge is 2.21. The van der Waals surface area contributed by atoms with Crippen molar-refractivity contribution < 1.29 is 19.5 Å². The molecule has 0 radical (unpaired) electrons. The summed E-state index contributed by atoms with van der Waals surface area (Å²) >= 11 is 0. The molecule has 0 aliphatic carbocycles. The first-order valence-corrected chi connectivity index (χ1v) is 13.1. The molecule has 1 amide bonds. The van der Waals surface area contributed by atoms with E-state index in [2.05, 4.69) is 28.3 Å². The highest BCUT2D eigenvalue weighted by atomic mass is 16.5. The van der Waals surface area contributed by atoms with Crippen LogP contribution in [-0.2, 0) is 20.7 Å². The second kappa shape index (κ2) is 12.7. The summed E-state index contributed by atoms with van der Waals surface area (Å²) in [5.74, 6) is 0.493. The highest BCUT2D eigenvalue weighted by Crippen LogP contribution is 2.30. The molecule has 198 valence electrons. The zero-order valence-corrected chi connectivity index (χ0v) is 21.7. The van der Waals surface area contributed by atoms with Crippen LogP contribution < -0.4 is 10.4 Å². The highest BCUT2D eigenvalue weighted by molar-refractivity contribution is 5.89. The molecule has 2 aromatic heterocycles. The maximum Gasteiger partial charge on any atom is 0.243 e. The lowest BCUT2D eigenvalue weighted by molar-refractivity contribution is -0.129. The maximum absolute atomic E-state index is 12.6. The van der Waals surface area contributed by atoms with E-state index >= 15 is 0 Å². The number of hydrogen-bond donors (Lipinski definition) is 2. The van der Waals surface area contributed by atoms with Crippen molar-refractivity contribution in [1.29, 1.82) is 0 Å². The van der Waals surface area contributed by atoms with Crippen LogP contribution >= 0.6 is 0 Å². The number of nitrogens with zero attached hydrogens (tertiary/aromatic N) is 5. The van der Waals surface area contributed by atoms with Gasteiger partial charge in [0.25, 0.3) is 0 Å². The lowest BCUT2D eigenvalue weighted by Crippen LogP contribution is -2.37. The summed E-state index contributed by atoms with van der Waals surface area (Å²) in [5.41, 5.74) is 5.84. The van der Waals surface area contributed by atoms with Gasteiger partial charge in [-0.3, -0.25) is 14.8 Å². The Bertz CT molecular complexity index is 1220. The average Bonchev–Trinajstić information content (AvgIpc) is 3.35. The number of morpholine rings is 1. The third kappa shape index (κ3) is 6.90. The topological polar surface area (TPSA) is 122 Å². The van der Waals surface area contributed by atoms with Crippen LogP contribution in [0.15, 0.2) is 30.6 Å². The molecule has 0 saturated carbocycles. The molecule has 1 fully saturated rings. The van der Waals surface area contributed by atoms with Crippen molar-refractivity contribution in [1.82, 2.24) is 25.0 Å². The predicted octanol–water partition coefficient (Wildman–Crippen LogP) is 3.87. The molecule has 0 spiro atoms. The Hall–Kier alpha value is -3.37. The Morgan fingerprint density at radius 1 is 1.08 bits per heavy atom. The van der Waals surface area contributed by atoms with E-state index in [1.807, 2.05) is 30.6 Å². The largest absolute Gasteiger partial charge is 0.378 e. The van der Waals surface area contributed by atoms with Crippen LogP contribution in [0.1, 0.15) is 64.0 Å². The Balaban J connectivity index is 1.48. The minimum atomic E-state index is -0.370. The van der Waals surface area contributed by atoms with Crippen molar-refractivity contribution in [2.75, 3.05) is 31.2 Å². The number of Topliss-reactive ketones (excluding diaryl/α,β-unsaturated/α-hetero) is 1. The van der Waals surface area contributed by atoms with Gasteiger partial charge in [-0.2, -0.15) is 4.98 Å². The van der Waals surface area contributed by atoms with Gasteiger partial charge in [0.2, 0.25) is 11.9 Å². The van der Waals surface area contributed by atoms with Crippen LogP contribution in [0, 0.1) is 0 Å². The minimum Gasteiger partial charge on any atom is -0.378 e. The Kier molecular flexibility index (Phi) is 9.19. The molecule has 10 nitrogen and oxygen atoms in total. The predicted molar refractivity (Wildman–Crippen MR) is 141 cm³/mol. The van der Waals surface area contributed by atoms with Crippen molar-refractivity contribution in [2.45, 2.75) is 64.8 Å². The number of aromatic nitrogens is 4. The molecular formula is C27H36N6O4. The third-order valence-corrected chi connectivity index (χ3v) is 6.60. The summed E-state index contributed by atoms with van der Waals surface area (Å²) in [6, 6.07) is 8.19. The lowest BCUT2D eigenvalue weighted by Gasteiger charge is -2.27. The molecular weight excluding hydrogens is 472 g/mol. The van der Waals surface area contributed by atoms with Crippen LogP contribution in [0.5, 0.6) is 0 Å². The summed E-state index contributed by atoms with van der Waals surface area (Å²) < 4.78 is 7.58. The van der Waals surface area contributed by atoms with Gasteiger partial charge < -0.3 is 14.2 Å². The molecule has 3 aromatic rings. The number of benzene rings is 1. The van der Waals surface area contributed by atoms with Crippen molar-refractivity contribution in [3.63, 3.8) is 0 Å². The summed E-state index contributed by atoms with van der Waals surface area (Å²) in [6.45, 7) is 6.99. The van der Waals surface area contributed by atoms with Crippen molar-refractivity contribution in [2.24, 2.45) is 0 Å². The van der Waals surface area contributed by atoms with Crippen molar-refractivity contribution >= 4 is 28.8 Å². The molecule has 2 N–H and O–H groups in total. The number of fused-ring (bicyclic) bond motifs is 1. The summed E-state index contributed by atoms with van der Waals surface area (Å²) in [6.07, 6.45) is 6.23. The minimum absolute atomic E-state index is 0.191. The van der Waals surface area contributed by atoms with Crippen LogP contribution in [0.2, 0.25) is 0 Å². The molecule has 1 saturated heterocycles. The molecule has 1 aliphatic rings. The normalized spacial score (nSPS) is 13.9. The van der Waals surface area contributed by atoms with E-state index in [-0.39, 0.29) is 17.7 Å². The zero-order valence-electron chi connectivity index (χ0n) is 21.7. The van der Waals surface area contributed by atoms with Gasteiger partial charge in [-0.15, -0.1) is 0 Å². The number of ketones is 1. The van der Waals surface area contributed by atoms with Gasteiger partial charge in [0.05, 0.1) is 19.5 Å².